The van der Waals surface area contributed by atoms with E-state index in [1.54, 1.807) is 18.2 Å². The molecule has 98 valence electrons. The zero-order chi connectivity index (χ0) is 13.4. The van der Waals surface area contributed by atoms with Crippen molar-refractivity contribution in [2.75, 3.05) is 6.54 Å². The zero-order valence-corrected chi connectivity index (χ0v) is 10.7. The van der Waals surface area contributed by atoms with E-state index in [1.165, 1.54) is 12.1 Å². The number of fused-ring (bicyclic) bond motifs is 1. The van der Waals surface area contributed by atoms with Gasteiger partial charge in [0.25, 0.3) is 6.29 Å². The Balaban J connectivity index is 2.13. The first-order valence-electron chi connectivity index (χ1n) is 5.80. The third-order valence-corrected chi connectivity index (χ3v) is 3.09. The molecule has 0 saturated carbocycles. The van der Waals surface area contributed by atoms with E-state index in [0.29, 0.717) is 22.1 Å². The minimum atomic E-state index is -0.574. The van der Waals surface area contributed by atoms with Gasteiger partial charge in [-0.3, -0.25) is 0 Å². The molecular weight excluding hydrogens is 269 g/mol. The number of ether oxygens (including phenoxy) is 2. The highest BCUT2D eigenvalue weighted by molar-refractivity contribution is 6.30. The summed E-state index contributed by atoms with van der Waals surface area (Å²) in [5.74, 6) is 0.472. The van der Waals surface area contributed by atoms with Gasteiger partial charge in [0, 0.05) is 16.7 Å². The third-order valence-electron chi connectivity index (χ3n) is 2.86. The highest BCUT2D eigenvalue weighted by Crippen LogP contribution is 2.44. The van der Waals surface area contributed by atoms with Crippen LogP contribution in [-0.2, 0) is 0 Å². The maximum absolute atomic E-state index is 13.6. The van der Waals surface area contributed by atoms with E-state index in [0.717, 1.165) is 5.56 Å². The number of hydrogen-bond donors (Lipinski definition) is 1. The molecule has 2 N–H and O–H groups in total. The van der Waals surface area contributed by atoms with Gasteiger partial charge in [0.2, 0.25) is 0 Å². The first kappa shape index (κ1) is 12.3. The molecule has 1 atom stereocenters. The molecule has 0 aromatic heterocycles. The van der Waals surface area contributed by atoms with Crippen LogP contribution in [0.25, 0.3) is 11.1 Å². The van der Waals surface area contributed by atoms with E-state index < -0.39 is 12.1 Å². The van der Waals surface area contributed by atoms with Crippen LogP contribution in [0, 0.1) is 5.82 Å². The lowest BCUT2D eigenvalue weighted by Gasteiger charge is -2.08. The van der Waals surface area contributed by atoms with Crippen molar-refractivity contribution in [1.29, 1.82) is 0 Å². The van der Waals surface area contributed by atoms with E-state index >= 15 is 0 Å². The van der Waals surface area contributed by atoms with Crippen molar-refractivity contribution in [3.05, 3.63) is 47.2 Å². The van der Waals surface area contributed by atoms with E-state index in [4.69, 9.17) is 26.8 Å². The van der Waals surface area contributed by atoms with E-state index in [-0.39, 0.29) is 6.54 Å². The monoisotopic (exact) mass is 279 g/mol. The fourth-order valence-electron chi connectivity index (χ4n) is 2.04. The lowest BCUT2D eigenvalue weighted by molar-refractivity contribution is 0.0582. The van der Waals surface area contributed by atoms with Crippen LogP contribution >= 0.6 is 11.6 Å². The lowest BCUT2D eigenvalue weighted by Crippen LogP contribution is -2.27. The Labute approximate surface area is 114 Å². The van der Waals surface area contributed by atoms with Crippen LogP contribution in [-0.4, -0.2) is 12.8 Å². The van der Waals surface area contributed by atoms with Crippen molar-refractivity contribution in [3.8, 4) is 22.6 Å². The van der Waals surface area contributed by atoms with Crippen LogP contribution in [0.1, 0.15) is 0 Å². The number of rotatable bonds is 2. The molecular formula is C14H11ClFNO2. The molecule has 2 aromatic rings. The quantitative estimate of drug-likeness (QED) is 0.918. The lowest BCUT2D eigenvalue weighted by atomic mass is 10.0. The maximum atomic E-state index is 13.6. The molecule has 1 unspecified atom stereocenters. The Hall–Kier alpha value is -1.78. The number of halogens is 2. The van der Waals surface area contributed by atoms with Crippen molar-refractivity contribution in [2.24, 2.45) is 5.73 Å². The summed E-state index contributed by atoms with van der Waals surface area (Å²) in [6, 6.07) is 9.82. The average molecular weight is 280 g/mol. The second-order valence-electron chi connectivity index (χ2n) is 4.19. The summed E-state index contributed by atoms with van der Waals surface area (Å²) < 4.78 is 24.6. The molecule has 1 aliphatic heterocycles. The Morgan fingerprint density at radius 3 is 2.79 bits per heavy atom. The second-order valence-corrected chi connectivity index (χ2v) is 4.63. The standard InChI is InChI=1S/C14H11ClFNO2/c15-9-3-1-2-8(4-9)11-5-10(16)6-12-14(11)19-13(7-17)18-12/h1-6,13H,7,17H2. The fourth-order valence-corrected chi connectivity index (χ4v) is 2.23. The van der Waals surface area contributed by atoms with Gasteiger partial charge in [0.15, 0.2) is 11.5 Å². The molecule has 3 nitrogen and oxygen atoms in total. The molecule has 5 heteroatoms. The molecule has 1 aliphatic rings. The van der Waals surface area contributed by atoms with Gasteiger partial charge in [0.1, 0.15) is 5.82 Å². The van der Waals surface area contributed by atoms with Crippen LogP contribution in [0.3, 0.4) is 0 Å². The van der Waals surface area contributed by atoms with Gasteiger partial charge >= 0.3 is 0 Å². The largest absolute Gasteiger partial charge is 0.449 e. The van der Waals surface area contributed by atoms with Gasteiger partial charge in [-0.05, 0) is 23.8 Å². The zero-order valence-electron chi connectivity index (χ0n) is 9.90. The van der Waals surface area contributed by atoms with Crippen molar-refractivity contribution in [3.63, 3.8) is 0 Å². The van der Waals surface area contributed by atoms with Crippen molar-refractivity contribution < 1.29 is 13.9 Å². The highest BCUT2D eigenvalue weighted by atomic mass is 35.5. The third kappa shape index (κ3) is 2.25. The molecule has 0 spiro atoms. The Kier molecular flexibility index (Phi) is 3.05. The molecule has 0 radical (unpaired) electrons. The predicted molar refractivity (Wildman–Crippen MR) is 70.9 cm³/mol. The SMILES string of the molecule is NCC1Oc2cc(F)cc(-c3cccc(Cl)c3)c2O1. The van der Waals surface area contributed by atoms with Crippen LogP contribution in [0.2, 0.25) is 5.02 Å². The van der Waals surface area contributed by atoms with Gasteiger partial charge in [-0.2, -0.15) is 0 Å². The maximum Gasteiger partial charge on any atom is 0.253 e. The fraction of sp³-hybridized carbons (Fsp3) is 0.143. The molecule has 2 aromatic carbocycles. The smallest absolute Gasteiger partial charge is 0.253 e. The van der Waals surface area contributed by atoms with E-state index in [2.05, 4.69) is 0 Å². The molecule has 3 rings (SSSR count). The average Bonchev–Trinajstić information content (AvgIpc) is 2.80. The van der Waals surface area contributed by atoms with Gasteiger partial charge in [0.05, 0.1) is 6.54 Å². The highest BCUT2D eigenvalue weighted by Gasteiger charge is 2.27. The molecule has 0 aliphatic carbocycles. The molecule has 19 heavy (non-hydrogen) atoms. The van der Waals surface area contributed by atoms with Crippen LogP contribution in [0.15, 0.2) is 36.4 Å². The Morgan fingerprint density at radius 2 is 2.05 bits per heavy atom. The Morgan fingerprint density at radius 1 is 1.21 bits per heavy atom. The molecule has 1 heterocycles. The summed E-state index contributed by atoms with van der Waals surface area (Å²) in [5.41, 5.74) is 6.87. The second kappa shape index (κ2) is 4.72. The summed E-state index contributed by atoms with van der Waals surface area (Å²) in [7, 11) is 0. The topological polar surface area (TPSA) is 44.5 Å². The van der Waals surface area contributed by atoms with Gasteiger partial charge in [-0.25, -0.2) is 4.39 Å². The van der Waals surface area contributed by atoms with E-state index in [1.807, 2.05) is 6.07 Å². The molecule has 0 saturated heterocycles. The summed E-state index contributed by atoms with van der Waals surface area (Å²) in [5, 5.41) is 0.574. The summed E-state index contributed by atoms with van der Waals surface area (Å²) >= 11 is 5.96. The van der Waals surface area contributed by atoms with Gasteiger partial charge in [-0.15, -0.1) is 0 Å². The van der Waals surface area contributed by atoms with Crippen LogP contribution in [0.5, 0.6) is 11.5 Å². The molecule has 0 fully saturated rings. The first-order valence-corrected chi connectivity index (χ1v) is 6.18. The summed E-state index contributed by atoms with van der Waals surface area (Å²) in [6.07, 6.45) is -0.574. The number of benzene rings is 2. The summed E-state index contributed by atoms with van der Waals surface area (Å²) in [4.78, 5) is 0. The summed E-state index contributed by atoms with van der Waals surface area (Å²) in [6.45, 7) is 0.200. The normalized spacial score (nSPS) is 16.7. The molecule has 0 amide bonds. The van der Waals surface area contributed by atoms with Gasteiger partial charge in [-0.1, -0.05) is 23.7 Å². The van der Waals surface area contributed by atoms with E-state index in [9.17, 15) is 4.39 Å². The van der Waals surface area contributed by atoms with Crippen LogP contribution in [0.4, 0.5) is 4.39 Å². The Bertz CT molecular complexity index is 633. The minimum Gasteiger partial charge on any atom is -0.449 e. The number of nitrogens with two attached hydrogens (primary N) is 1. The van der Waals surface area contributed by atoms with Crippen molar-refractivity contribution >= 4 is 11.6 Å². The van der Waals surface area contributed by atoms with Gasteiger partial charge < -0.3 is 15.2 Å². The van der Waals surface area contributed by atoms with Crippen molar-refractivity contribution in [1.82, 2.24) is 0 Å². The van der Waals surface area contributed by atoms with Crippen molar-refractivity contribution in [2.45, 2.75) is 6.29 Å². The van der Waals surface area contributed by atoms with Crippen LogP contribution < -0.4 is 15.2 Å². The number of hydrogen-bond acceptors (Lipinski definition) is 3. The minimum absolute atomic E-state index is 0.200. The molecule has 0 bridgehead atoms. The predicted octanol–water partition coefficient (Wildman–Crippen LogP) is 3.20. The first-order chi connectivity index (χ1) is 9.17.